The van der Waals surface area contributed by atoms with Crippen LogP contribution in [0.25, 0.3) is 0 Å². The number of alkyl carbamates (subject to hydrolysis) is 1. The number of hydrogen-bond donors (Lipinski definition) is 5. The van der Waals surface area contributed by atoms with Crippen molar-refractivity contribution < 1.29 is 33.8 Å². The molecule has 5 N–H and O–H groups in total. The Labute approximate surface area is 259 Å². The first kappa shape index (κ1) is 34.4. The molecule has 2 aromatic rings. The third-order valence-electron chi connectivity index (χ3n) is 7.61. The monoisotopic (exact) mass is 610 g/mol. The molecule has 1 saturated heterocycles. The molecule has 1 aliphatic rings. The molecule has 0 bridgehead atoms. The van der Waals surface area contributed by atoms with Gasteiger partial charge in [0, 0.05) is 25.4 Å². The fraction of sp³-hybridized carbons (Fsp3) is 0.515. The zero-order valence-corrected chi connectivity index (χ0v) is 25.7. The summed E-state index contributed by atoms with van der Waals surface area (Å²) in [7, 11) is 0. The summed E-state index contributed by atoms with van der Waals surface area (Å²) in [5.41, 5.74) is 2.88. The first-order valence-corrected chi connectivity index (χ1v) is 15.4. The van der Waals surface area contributed by atoms with Gasteiger partial charge in [-0.15, -0.1) is 0 Å². The molecule has 1 fully saturated rings. The summed E-state index contributed by atoms with van der Waals surface area (Å²) < 4.78 is 11.1. The number of carboxylic acids is 1. The Hall–Kier alpha value is -4.12. The van der Waals surface area contributed by atoms with Crippen molar-refractivity contribution in [3.8, 4) is 5.75 Å². The lowest BCUT2D eigenvalue weighted by molar-refractivity contribution is -0.137. The van der Waals surface area contributed by atoms with E-state index in [1.807, 2.05) is 62.4 Å². The summed E-state index contributed by atoms with van der Waals surface area (Å²) in [6.07, 6.45) is 2.07. The number of carbonyl (C=O) groups is 4. The Morgan fingerprint density at radius 3 is 2.50 bits per heavy atom. The standard InChI is InChI=1S/C33H46N4O7/c1-3-4-18-43-33(42)37-29(14-15-30(38)39)32(41)36-28(13-11-24-8-6-5-7-9-24)31(40)35-21-26-19-27(12-10-23(26)2)44-22-25-16-17-34-20-25/h5-10,12,19,25,28-29,34H,3-4,11,13-18,20-22H2,1-2H3,(H,35,40)(H,36,41)(H,37,42)(H,38,39)/t25?,28-,29-/m0/s1. The third kappa shape index (κ3) is 12.2. The fourth-order valence-corrected chi connectivity index (χ4v) is 4.83. The highest BCUT2D eigenvalue weighted by molar-refractivity contribution is 5.91. The molecule has 1 heterocycles. The Morgan fingerprint density at radius 2 is 1.80 bits per heavy atom. The van der Waals surface area contributed by atoms with Crippen molar-refractivity contribution in [1.82, 2.24) is 21.3 Å². The van der Waals surface area contributed by atoms with E-state index >= 15 is 0 Å². The van der Waals surface area contributed by atoms with Crippen LogP contribution in [0.5, 0.6) is 5.75 Å². The van der Waals surface area contributed by atoms with E-state index in [4.69, 9.17) is 9.47 Å². The minimum Gasteiger partial charge on any atom is -0.493 e. The number of nitrogens with one attached hydrogen (secondary N) is 4. The molecule has 0 aliphatic carbocycles. The molecule has 0 spiro atoms. The largest absolute Gasteiger partial charge is 0.493 e. The lowest BCUT2D eigenvalue weighted by atomic mass is 10.0. The quantitative estimate of drug-likeness (QED) is 0.161. The number of ether oxygens (including phenoxy) is 2. The highest BCUT2D eigenvalue weighted by Crippen LogP contribution is 2.19. The van der Waals surface area contributed by atoms with Gasteiger partial charge in [0.1, 0.15) is 17.8 Å². The third-order valence-corrected chi connectivity index (χ3v) is 7.61. The van der Waals surface area contributed by atoms with Crippen LogP contribution in [-0.4, -0.2) is 67.4 Å². The predicted molar refractivity (Wildman–Crippen MR) is 166 cm³/mol. The van der Waals surface area contributed by atoms with E-state index in [0.717, 1.165) is 48.4 Å². The van der Waals surface area contributed by atoms with E-state index in [-0.39, 0.29) is 31.9 Å². The van der Waals surface area contributed by atoms with Gasteiger partial charge in [-0.25, -0.2) is 4.79 Å². The average Bonchev–Trinajstić information content (AvgIpc) is 3.54. The molecule has 0 aromatic heterocycles. The summed E-state index contributed by atoms with van der Waals surface area (Å²) in [6.45, 7) is 6.89. The fourth-order valence-electron chi connectivity index (χ4n) is 4.83. The maximum Gasteiger partial charge on any atom is 0.407 e. The Bertz CT molecular complexity index is 1220. The van der Waals surface area contributed by atoms with Gasteiger partial charge in [-0.05, 0) is 74.4 Å². The van der Waals surface area contributed by atoms with Gasteiger partial charge >= 0.3 is 12.1 Å². The van der Waals surface area contributed by atoms with Crippen LogP contribution >= 0.6 is 0 Å². The Kier molecular flexibility index (Phi) is 14.5. The number of benzene rings is 2. The van der Waals surface area contributed by atoms with Gasteiger partial charge in [0.25, 0.3) is 0 Å². The molecule has 1 unspecified atom stereocenters. The molecule has 11 nitrogen and oxygen atoms in total. The van der Waals surface area contributed by atoms with Gasteiger partial charge in [0.05, 0.1) is 13.2 Å². The smallest absolute Gasteiger partial charge is 0.407 e. The summed E-state index contributed by atoms with van der Waals surface area (Å²) >= 11 is 0. The molecule has 44 heavy (non-hydrogen) atoms. The van der Waals surface area contributed by atoms with E-state index in [2.05, 4.69) is 21.3 Å². The molecule has 0 radical (unpaired) electrons. The zero-order chi connectivity index (χ0) is 31.7. The van der Waals surface area contributed by atoms with E-state index in [1.165, 1.54) is 0 Å². The van der Waals surface area contributed by atoms with Crippen LogP contribution in [0.2, 0.25) is 0 Å². The number of rotatable bonds is 18. The SMILES string of the molecule is CCCCOC(=O)N[C@@H](CCC(=O)O)C(=O)N[C@@H](CCc1ccccc1)C(=O)NCc1cc(OCC2CCNC2)ccc1C. The van der Waals surface area contributed by atoms with Crippen LogP contribution < -0.4 is 26.0 Å². The number of amides is 3. The van der Waals surface area contributed by atoms with Crippen LogP contribution in [-0.2, 0) is 32.1 Å². The number of unbranched alkanes of at least 4 members (excludes halogenated alkanes) is 1. The van der Waals surface area contributed by atoms with Gasteiger partial charge in [-0.2, -0.15) is 0 Å². The van der Waals surface area contributed by atoms with E-state index < -0.39 is 30.1 Å². The van der Waals surface area contributed by atoms with Crippen LogP contribution in [0.15, 0.2) is 48.5 Å². The highest BCUT2D eigenvalue weighted by atomic mass is 16.5. The summed E-state index contributed by atoms with van der Waals surface area (Å²) in [6, 6.07) is 13.3. The summed E-state index contributed by atoms with van der Waals surface area (Å²) in [5, 5.41) is 20.7. The zero-order valence-electron chi connectivity index (χ0n) is 25.7. The normalized spacial score (nSPS) is 15.5. The maximum atomic E-state index is 13.5. The molecule has 11 heteroatoms. The second-order valence-electron chi connectivity index (χ2n) is 11.2. The predicted octanol–water partition coefficient (Wildman–Crippen LogP) is 3.48. The average molecular weight is 611 g/mol. The van der Waals surface area contributed by atoms with E-state index in [9.17, 15) is 24.3 Å². The van der Waals surface area contributed by atoms with Gasteiger partial charge < -0.3 is 35.8 Å². The molecule has 1 aliphatic heterocycles. The molecule has 0 saturated carbocycles. The minimum atomic E-state index is -1.18. The summed E-state index contributed by atoms with van der Waals surface area (Å²) in [5.74, 6) is -0.942. The first-order chi connectivity index (χ1) is 21.2. The van der Waals surface area contributed by atoms with E-state index in [1.54, 1.807) is 0 Å². The highest BCUT2D eigenvalue weighted by Gasteiger charge is 2.28. The lowest BCUT2D eigenvalue weighted by Crippen LogP contribution is -2.54. The molecule has 3 atom stereocenters. The number of carbonyl (C=O) groups excluding carboxylic acids is 3. The van der Waals surface area contributed by atoms with Gasteiger partial charge in [-0.1, -0.05) is 49.7 Å². The molecule has 240 valence electrons. The minimum absolute atomic E-state index is 0.153. The van der Waals surface area contributed by atoms with Crippen molar-refractivity contribution >= 4 is 23.9 Å². The summed E-state index contributed by atoms with van der Waals surface area (Å²) in [4.78, 5) is 50.3. The topological polar surface area (TPSA) is 155 Å². The number of hydrogen-bond acceptors (Lipinski definition) is 7. The van der Waals surface area contributed by atoms with Crippen molar-refractivity contribution in [3.05, 3.63) is 65.2 Å². The van der Waals surface area contributed by atoms with Gasteiger partial charge in [0.2, 0.25) is 11.8 Å². The number of aliphatic carboxylic acids is 1. The molecule has 3 amide bonds. The van der Waals surface area contributed by atoms with Gasteiger partial charge in [-0.3, -0.25) is 14.4 Å². The van der Waals surface area contributed by atoms with Crippen molar-refractivity contribution in [2.24, 2.45) is 5.92 Å². The number of aryl methyl sites for hydroxylation is 2. The molecule has 3 rings (SSSR count). The van der Waals surface area contributed by atoms with Crippen molar-refractivity contribution in [3.63, 3.8) is 0 Å². The second-order valence-corrected chi connectivity index (χ2v) is 11.2. The Balaban J connectivity index is 1.68. The lowest BCUT2D eigenvalue weighted by Gasteiger charge is -2.23. The Morgan fingerprint density at radius 1 is 1.02 bits per heavy atom. The maximum absolute atomic E-state index is 13.5. The molecular weight excluding hydrogens is 564 g/mol. The van der Waals surface area contributed by atoms with Gasteiger partial charge in [0.15, 0.2) is 0 Å². The van der Waals surface area contributed by atoms with Crippen molar-refractivity contribution in [2.75, 3.05) is 26.3 Å². The van der Waals surface area contributed by atoms with Crippen LogP contribution in [0.3, 0.4) is 0 Å². The van der Waals surface area contributed by atoms with Crippen molar-refractivity contribution in [2.45, 2.75) is 77.4 Å². The second kappa shape index (κ2) is 18.5. The van der Waals surface area contributed by atoms with Crippen LogP contribution in [0.1, 0.15) is 62.1 Å². The number of carboxylic acid groups (broad SMARTS) is 1. The van der Waals surface area contributed by atoms with Crippen LogP contribution in [0.4, 0.5) is 4.79 Å². The van der Waals surface area contributed by atoms with Crippen LogP contribution in [0, 0.1) is 12.8 Å². The first-order valence-electron chi connectivity index (χ1n) is 15.4. The van der Waals surface area contributed by atoms with E-state index in [0.29, 0.717) is 31.8 Å². The molecular formula is C33H46N4O7. The molecule has 2 aromatic carbocycles. The van der Waals surface area contributed by atoms with Crippen molar-refractivity contribution in [1.29, 1.82) is 0 Å².